The Morgan fingerprint density at radius 3 is 3.17 bits per heavy atom. The average molecular weight is 349 g/mol. The second kappa shape index (κ2) is 6.30. The minimum atomic E-state index is -0.0187. The van der Waals surface area contributed by atoms with Gasteiger partial charge >= 0.3 is 0 Å². The standard InChI is InChI=1S/C17H17ClN2O2S/c18-12-9-14(19-13-4-2-1-3-11(12)13)17(21)20-6-8-23-16-10-22-7-5-15(16)20/h1-4,9,15-16H,5-8,10H2. The summed E-state index contributed by atoms with van der Waals surface area (Å²) in [4.78, 5) is 19.5. The van der Waals surface area contributed by atoms with Crippen molar-refractivity contribution < 1.29 is 9.53 Å². The molecule has 1 aromatic carbocycles. The minimum absolute atomic E-state index is 0.0187. The van der Waals surface area contributed by atoms with Crippen LogP contribution in [0.15, 0.2) is 30.3 Å². The van der Waals surface area contributed by atoms with Gasteiger partial charge in [-0.25, -0.2) is 4.98 Å². The van der Waals surface area contributed by atoms with Gasteiger partial charge in [0, 0.05) is 35.6 Å². The average Bonchev–Trinajstić information content (AvgIpc) is 2.60. The maximum absolute atomic E-state index is 13.0. The van der Waals surface area contributed by atoms with Gasteiger partial charge in [-0.3, -0.25) is 4.79 Å². The summed E-state index contributed by atoms with van der Waals surface area (Å²) in [5.41, 5.74) is 1.20. The van der Waals surface area contributed by atoms with Crippen LogP contribution in [0, 0.1) is 0 Å². The first kappa shape index (κ1) is 15.2. The third kappa shape index (κ3) is 2.82. The molecule has 4 rings (SSSR count). The lowest BCUT2D eigenvalue weighted by molar-refractivity contribution is 0.0316. The molecule has 120 valence electrons. The number of rotatable bonds is 1. The highest BCUT2D eigenvalue weighted by Gasteiger charge is 2.37. The molecule has 6 heteroatoms. The van der Waals surface area contributed by atoms with Gasteiger partial charge in [-0.15, -0.1) is 0 Å². The summed E-state index contributed by atoms with van der Waals surface area (Å²) in [7, 11) is 0. The third-order valence-electron chi connectivity index (χ3n) is 4.48. The summed E-state index contributed by atoms with van der Waals surface area (Å²) >= 11 is 8.25. The maximum atomic E-state index is 13.0. The quantitative estimate of drug-likeness (QED) is 0.793. The van der Waals surface area contributed by atoms with Crippen LogP contribution < -0.4 is 0 Å². The minimum Gasteiger partial charge on any atom is -0.380 e. The van der Waals surface area contributed by atoms with Crippen molar-refractivity contribution >= 4 is 40.2 Å². The van der Waals surface area contributed by atoms with Gasteiger partial charge in [0.1, 0.15) is 5.69 Å². The molecular formula is C17H17ClN2O2S. The number of nitrogens with zero attached hydrogens (tertiary/aromatic N) is 2. The first-order valence-electron chi connectivity index (χ1n) is 7.79. The SMILES string of the molecule is O=C(c1cc(Cl)c2ccccc2n1)N1CCSC2COCCC21. The monoisotopic (exact) mass is 348 g/mol. The van der Waals surface area contributed by atoms with E-state index in [9.17, 15) is 4.79 Å². The molecule has 2 fully saturated rings. The lowest BCUT2D eigenvalue weighted by atomic mass is 10.1. The van der Waals surface area contributed by atoms with Crippen LogP contribution in [0.3, 0.4) is 0 Å². The van der Waals surface area contributed by atoms with E-state index in [0.29, 0.717) is 16.0 Å². The molecule has 0 N–H and O–H groups in total. The Hall–Kier alpha value is -1.30. The van der Waals surface area contributed by atoms with E-state index in [4.69, 9.17) is 16.3 Å². The Kier molecular flexibility index (Phi) is 4.18. The molecule has 23 heavy (non-hydrogen) atoms. The lowest BCUT2D eigenvalue weighted by Gasteiger charge is -2.43. The van der Waals surface area contributed by atoms with E-state index in [0.717, 1.165) is 42.8 Å². The highest BCUT2D eigenvalue weighted by Crippen LogP contribution is 2.32. The topological polar surface area (TPSA) is 42.4 Å². The summed E-state index contributed by atoms with van der Waals surface area (Å²) in [6.45, 7) is 2.21. The fourth-order valence-electron chi connectivity index (χ4n) is 3.33. The van der Waals surface area contributed by atoms with E-state index in [-0.39, 0.29) is 11.9 Å². The van der Waals surface area contributed by atoms with Crippen LogP contribution in [0.5, 0.6) is 0 Å². The van der Waals surface area contributed by atoms with Crippen LogP contribution in [0.2, 0.25) is 5.02 Å². The first-order valence-corrected chi connectivity index (χ1v) is 9.22. The van der Waals surface area contributed by atoms with Gasteiger partial charge in [0.25, 0.3) is 5.91 Å². The number of para-hydroxylation sites is 1. The van der Waals surface area contributed by atoms with Crippen LogP contribution >= 0.6 is 23.4 Å². The number of hydrogen-bond acceptors (Lipinski definition) is 4. The zero-order chi connectivity index (χ0) is 15.8. The summed E-state index contributed by atoms with van der Waals surface area (Å²) in [6.07, 6.45) is 0.894. The smallest absolute Gasteiger partial charge is 0.272 e. The highest BCUT2D eigenvalue weighted by atomic mass is 35.5. The molecule has 2 aromatic rings. The molecule has 2 saturated heterocycles. The normalized spacial score (nSPS) is 24.5. The number of carbonyl (C=O) groups is 1. The molecule has 1 aromatic heterocycles. The Labute approximate surface area is 144 Å². The van der Waals surface area contributed by atoms with Crippen molar-refractivity contribution in [2.24, 2.45) is 0 Å². The summed E-state index contributed by atoms with van der Waals surface area (Å²) in [5, 5.41) is 1.83. The predicted molar refractivity (Wildman–Crippen MR) is 93.3 cm³/mol. The van der Waals surface area contributed by atoms with Gasteiger partial charge in [-0.1, -0.05) is 29.8 Å². The lowest BCUT2D eigenvalue weighted by Crippen LogP contribution is -2.54. The molecule has 1 amide bonds. The Morgan fingerprint density at radius 1 is 1.39 bits per heavy atom. The van der Waals surface area contributed by atoms with E-state index in [2.05, 4.69) is 4.98 Å². The number of thioether (sulfide) groups is 1. The second-order valence-corrected chi connectivity index (χ2v) is 7.60. The van der Waals surface area contributed by atoms with Crippen molar-refractivity contribution in [1.29, 1.82) is 0 Å². The molecular weight excluding hydrogens is 332 g/mol. The van der Waals surface area contributed by atoms with Gasteiger partial charge in [0.15, 0.2) is 0 Å². The van der Waals surface area contributed by atoms with Crippen LogP contribution in [-0.4, -0.2) is 52.6 Å². The first-order chi connectivity index (χ1) is 11.2. The van der Waals surface area contributed by atoms with Crippen LogP contribution in [0.1, 0.15) is 16.9 Å². The van der Waals surface area contributed by atoms with Gasteiger partial charge < -0.3 is 9.64 Å². The van der Waals surface area contributed by atoms with Crippen LogP contribution in [0.4, 0.5) is 0 Å². The fraction of sp³-hybridized carbons (Fsp3) is 0.412. The molecule has 0 radical (unpaired) electrons. The molecule has 0 saturated carbocycles. The number of aromatic nitrogens is 1. The summed E-state index contributed by atoms with van der Waals surface area (Å²) < 4.78 is 5.55. The van der Waals surface area contributed by atoms with Crippen molar-refractivity contribution in [3.8, 4) is 0 Å². The van der Waals surface area contributed by atoms with Gasteiger partial charge in [0.05, 0.1) is 17.1 Å². The molecule has 0 aliphatic carbocycles. The molecule has 2 aliphatic rings. The Bertz CT molecular complexity index is 752. The molecule has 4 nitrogen and oxygen atoms in total. The van der Waals surface area contributed by atoms with Gasteiger partial charge in [-0.05, 0) is 18.6 Å². The number of carbonyl (C=O) groups excluding carboxylic acids is 1. The van der Waals surface area contributed by atoms with Crippen molar-refractivity contribution in [2.75, 3.05) is 25.5 Å². The fourth-order valence-corrected chi connectivity index (χ4v) is 4.89. The maximum Gasteiger partial charge on any atom is 0.272 e. The van der Waals surface area contributed by atoms with Crippen LogP contribution in [0.25, 0.3) is 10.9 Å². The van der Waals surface area contributed by atoms with Gasteiger partial charge in [-0.2, -0.15) is 11.8 Å². The number of ether oxygens (including phenoxy) is 1. The summed E-state index contributed by atoms with van der Waals surface area (Å²) in [6, 6.07) is 9.58. The van der Waals surface area contributed by atoms with Gasteiger partial charge in [0.2, 0.25) is 0 Å². The number of fused-ring (bicyclic) bond motifs is 2. The summed E-state index contributed by atoms with van der Waals surface area (Å²) in [5.74, 6) is 0.923. The number of halogens is 1. The molecule has 2 unspecified atom stereocenters. The van der Waals surface area contributed by atoms with Crippen molar-refractivity contribution in [3.05, 3.63) is 41.0 Å². The van der Waals surface area contributed by atoms with Crippen molar-refractivity contribution in [2.45, 2.75) is 17.7 Å². The zero-order valence-electron chi connectivity index (χ0n) is 12.6. The van der Waals surface area contributed by atoms with Crippen molar-refractivity contribution in [1.82, 2.24) is 9.88 Å². The van der Waals surface area contributed by atoms with E-state index in [1.165, 1.54) is 0 Å². The molecule has 2 atom stereocenters. The highest BCUT2D eigenvalue weighted by molar-refractivity contribution is 8.00. The Morgan fingerprint density at radius 2 is 2.26 bits per heavy atom. The zero-order valence-corrected chi connectivity index (χ0v) is 14.1. The van der Waals surface area contributed by atoms with Crippen molar-refractivity contribution in [3.63, 3.8) is 0 Å². The number of amides is 1. The largest absolute Gasteiger partial charge is 0.380 e. The Balaban J connectivity index is 1.68. The third-order valence-corrected chi connectivity index (χ3v) is 6.09. The number of pyridine rings is 1. The number of benzene rings is 1. The van der Waals surface area contributed by atoms with E-state index < -0.39 is 0 Å². The van der Waals surface area contributed by atoms with E-state index in [1.54, 1.807) is 6.07 Å². The molecule has 0 spiro atoms. The van der Waals surface area contributed by atoms with E-state index in [1.807, 2.05) is 40.9 Å². The van der Waals surface area contributed by atoms with E-state index >= 15 is 0 Å². The number of hydrogen-bond donors (Lipinski definition) is 0. The molecule has 3 heterocycles. The molecule has 0 bridgehead atoms. The second-order valence-electron chi connectivity index (χ2n) is 5.85. The molecule has 2 aliphatic heterocycles. The van der Waals surface area contributed by atoms with Crippen LogP contribution in [-0.2, 0) is 4.74 Å². The predicted octanol–water partition coefficient (Wildman–Crippen LogP) is 3.23.